The topological polar surface area (TPSA) is 145 Å². The number of benzene rings is 3. The van der Waals surface area contributed by atoms with E-state index in [1.165, 1.54) is 27.8 Å². The fourth-order valence-electron chi connectivity index (χ4n) is 3.42. The molecule has 0 bridgehead atoms. The molecule has 42 heavy (non-hydrogen) atoms. The van der Waals surface area contributed by atoms with Crippen LogP contribution in [0.1, 0.15) is 16.7 Å². The molecule has 214 valence electrons. The van der Waals surface area contributed by atoms with E-state index in [2.05, 4.69) is 36.2 Å². The van der Waals surface area contributed by atoms with Crippen LogP contribution in [0, 0.1) is 0 Å². The minimum absolute atomic E-state index is 0.0480. The second kappa shape index (κ2) is 14.7. The van der Waals surface area contributed by atoms with Crippen LogP contribution in [0.25, 0.3) is 0 Å². The number of amides is 1. The molecule has 3 aromatic carbocycles. The molecule has 2 aromatic heterocycles. The van der Waals surface area contributed by atoms with Crippen LogP contribution in [-0.2, 0) is 17.2 Å². The lowest BCUT2D eigenvalue weighted by molar-refractivity contribution is -0.113. The number of rotatable bonds is 13. The molecule has 5 aromatic rings. The van der Waals surface area contributed by atoms with E-state index >= 15 is 0 Å². The maximum atomic E-state index is 12.5. The zero-order valence-electron chi connectivity index (χ0n) is 21.9. The van der Waals surface area contributed by atoms with Gasteiger partial charge in [-0.3, -0.25) is 10.1 Å². The molecule has 0 saturated carbocycles. The Balaban J connectivity index is 1.09. The molecular formula is C27H24ClN9O2S3. The van der Waals surface area contributed by atoms with Gasteiger partial charge < -0.3 is 10.6 Å². The van der Waals surface area contributed by atoms with Gasteiger partial charge in [-0.2, -0.15) is 5.10 Å². The molecule has 11 nitrogen and oxygen atoms in total. The van der Waals surface area contributed by atoms with Gasteiger partial charge in [0.25, 0.3) is 5.95 Å². The summed E-state index contributed by atoms with van der Waals surface area (Å²) >= 11 is 10.1. The van der Waals surface area contributed by atoms with Gasteiger partial charge in [0, 0.05) is 16.3 Å². The number of nitrogens with one attached hydrogen (secondary N) is 2. The number of para-hydroxylation sites is 1. The molecule has 0 aliphatic rings. The Bertz CT molecular complexity index is 1660. The number of nitrogen functional groups attached to an aromatic ring is 1. The Hall–Kier alpha value is -4.11. The first kappa shape index (κ1) is 29.4. The lowest BCUT2D eigenvalue weighted by Gasteiger charge is -2.09. The van der Waals surface area contributed by atoms with Crippen molar-refractivity contribution in [3.8, 4) is 5.75 Å². The van der Waals surface area contributed by atoms with Crippen molar-refractivity contribution in [3.63, 3.8) is 0 Å². The van der Waals surface area contributed by atoms with Gasteiger partial charge >= 0.3 is 0 Å². The van der Waals surface area contributed by atoms with Crippen LogP contribution in [0.3, 0.4) is 0 Å². The van der Waals surface area contributed by atoms with E-state index in [1.807, 2.05) is 78.9 Å². The summed E-state index contributed by atoms with van der Waals surface area (Å²) in [6.07, 6.45) is 1.61. The number of hydrogen-bond acceptors (Lipinski definition) is 12. The second-order valence-corrected chi connectivity index (χ2v) is 12.0. The average molecular weight is 638 g/mol. The molecular weight excluding hydrogens is 614 g/mol. The van der Waals surface area contributed by atoms with Crippen molar-refractivity contribution < 1.29 is 9.53 Å². The number of hydrogen-bond donors (Lipinski definition) is 3. The van der Waals surface area contributed by atoms with E-state index in [-0.39, 0.29) is 17.6 Å². The summed E-state index contributed by atoms with van der Waals surface area (Å²) in [6.45, 7) is 0.438. The Kier molecular flexibility index (Phi) is 10.3. The van der Waals surface area contributed by atoms with Gasteiger partial charge in [-0.05, 0) is 29.3 Å². The molecule has 15 heteroatoms. The van der Waals surface area contributed by atoms with Crippen LogP contribution in [0.15, 0.2) is 93.5 Å². The van der Waals surface area contributed by atoms with Crippen LogP contribution in [-0.4, -0.2) is 42.9 Å². The normalized spacial score (nSPS) is 11.1. The lowest BCUT2D eigenvalue weighted by atomic mass is 10.2. The Morgan fingerprint density at radius 1 is 1.00 bits per heavy atom. The first-order valence-corrected chi connectivity index (χ1v) is 15.6. The fraction of sp³-hybridized carbons (Fsp3) is 0.111. The minimum Gasteiger partial charge on any atom is -0.488 e. The average Bonchev–Trinajstić information content (AvgIpc) is 3.61. The molecule has 0 aliphatic heterocycles. The third-order valence-corrected chi connectivity index (χ3v) is 8.82. The molecule has 5 rings (SSSR count). The van der Waals surface area contributed by atoms with Gasteiger partial charge in [0.2, 0.25) is 16.2 Å². The van der Waals surface area contributed by atoms with Gasteiger partial charge in [0.15, 0.2) is 4.34 Å². The van der Waals surface area contributed by atoms with Crippen LogP contribution < -0.4 is 21.3 Å². The summed E-state index contributed by atoms with van der Waals surface area (Å²) in [7, 11) is 0. The van der Waals surface area contributed by atoms with Crippen molar-refractivity contribution in [2.45, 2.75) is 21.9 Å². The zero-order chi connectivity index (χ0) is 29.1. The number of halogens is 1. The molecule has 2 heterocycles. The summed E-state index contributed by atoms with van der Waals surface area (Å²) in [4.78, 5) is 12.5. The number of hydrazone groups is 1. The zero-order valence-corrected chi connectivity index (χ0v) is 25.1. The number of carbonyl (C=O) groups is 1. The van der Waals surface area contributed by atoms with E-state index in [1.54, 1.807) is 6.21 Å². The summed E-state index contributed by atoms with van der Waals surface area (Å²) in [6, 6.07) is 25.1. The van der Waals surface area contributed by atoms with E-state index < -0.39 is 0 Å². The molecule has 0 radical (unpaired) electrons. The third kappa shape index (κ3) is 8.22. The second-order valence-electron chi connectivity index (χ2n) is 8.45. The summed E-state index contributed by atoms with van der Waals surface area (Å²) in [5, 5.41) is 24.6. The van der Waals surface area contributed by atoms with Gasteiger partial charge in [0.1, 0.15) is 12.4 Å². The van der Waals surface area contributed by atoms with Crippen molar-refractivity contribution >= 4 is 69.7 Å². The highest BCUT2D eigenvalue weighted by molar-refractivity contribution is 8.00. The summed E-state index contributed by atoms with van der Waals surface area (Å²) in [5.74, 6) is 7.42. The number of thioether (sulfide) groups is 2. The van der Waals surface area contributed by atoms with Crippen molar-refractivity contribution in [1.29, 1.82) is 0 Å². The van der Waals surface area contributed by atoms with Crippen LogP contribution in [0.5, 0.6) is 5.75 Å². The minimum atomic E-state index is -0.276. The molecule has 0 spiro atoms. The molecule has 0 aliphatic carbocycles. The fourth-order valence-corrected chi connectivity index (χ4v) is 6.13. The summed E-state index contributed by atoms with van der Waals surface area (Å²) in [5.41, 5.74) is 5.62. The van der Waals surface area contributed by atoms with Crippen molar-refractivity contribution in [2.75, 3.05) is 22.3 Å². The standard InChI is InChI=1S/C27H24ClN9O2S3/c28-21-12-6-4-11-20(21)16-41-27-36-34-25(42-27)31-23(38)17-40-26-35-33-24(37(26)29)32-30-14-19-10-5-7-13-22(19)39-15-18-8-2-1-3-9-18/h1-14H,15-17,29H2,(H,32,33)(H,31,34,38)/b30-14+. The van der Waals surface area contributed by atoms with Crippen LogP contribution in [0.2, 0.25) is 5.02 Å². The number of ether oxygens (including phenoxy) is 1. The highest BCUT2D eigenvalue weighted by Crippen LogP contribution is 2.30. The highest BCUT2D eigenvalue weighted by atomic mass is 35.5. The monoisotopic (exact) mass is 637 g/mol. The van der Waals surface area contributed by atoms with Gasteiger partial charge in [0.05, 0.1) is 12.0 Å². The molecule has 1 amide bonds. The number of anilines is 2. The molecule has 0 atom stereocenters. The Morgan fingerprint density at radius 3 is 2.64 bits per heavy atom. The molecule has 0 saturated heterocycles. The third-order valence-electron chi connectivity index (χ3n) is 5.48. The number of nitrogens with two attached hydrogens (primary N) is 1. The maximum absolute atomic E-state index is 12.5. The van der Waals surface area contributed by atoms with Gasteiger partial charge in [-0.1, -0.05) is 107 Å². The first-order valence-electron chi connectivity index (χ1n) is 12.4. The SMILES string of the molecule is Nn1c(N/N=C/c2ccccc2OCc2ccccc2)nnc1SCC(=O)Nc1nnc(SCc2ccccc2Cl)s1. The highest BCUT2D eigenvalue weighted by Gasteiger charge is 2.14. The smallest absolute Gasteiger partial charge is 0.264 e. The van der Waals surface area contributed by atoms with Gasteiger partial charge in [-0.25, -0.2) is 10.1 Å². The number of carbonyl (C=O) groups excluding carboxylic acids is 1. The van der Waals surface area contributed by atoms with E-state index in [0.29, 0.717) is 33.4 Å². The maximum Gasteiger partial charge on any atom is 0.264 e. The predicted molar refractivity (Wildman–Crippen MR) is 169 cm³/mol. The molecule has 4 N–H and O–H groups in total. The van der Waals surface area contributed by atoms with Crippen molar-refractivity contribution in [1.82, 2.24) is 25.1 Å². The van der Waals surface area contributed by atoms with Crippen LogP contribution in [0.4, 0.5) is 11.1 Å². The van der Waals surface area contributed by atoms with Crippen molar-refractivity contribution in [3.05, 3.63) is 101 Å². The predicted octanol–water partition coefficient (Wildman–Crippen LogP) is 5.54. The first-order chi connectivity index (χ1) is 20.5. The van der Waals surface area contributed by atoms with E-state index in [0.717, 1.165) is 32.8 Å². The molecule has 0 fully saturated rings. The van der Waals surface area contributed by atoms with Gasteiger partial charge in [-0.15, -0.1) is 20.4 Å². The lowest BCUT2D eigenvalue weighted by Crippen LogP contribution is -2.16. The number of aromatic nitrogens is 5. The van der Waals surface area contributed by atoms with Crippen molar-refractivity contribution in [2.24, 2.45) is 5.10 Å². The largest absolute Gasteiger partial charge is 0.488 e. The summed E-state index contributed by atoms with van der Waals surface area (Å²) < 4.78 is 7.90. The Labute approximate surface area is 258 Å². The molecule has 0 unspecified atom stereocenters. The quantitative estimate of drug-likeness (QED) is 0.0494. The number of nitrogens with zero attached hydrogens (tertiary/aromatic N) is 6. The van der Waals surface area contributed by atoms with E-state index in [9.17, 15) is 4.79 Å². The van der Waals surface area contributed by atoms with E-state index in [4.69, 9.17) is 22.2 Å². The van der Waals surface area contributed by atoms with Crippen LogP contribution >= 0.6 is 46.5 Å². The Morgan fingerprint density at radius 2 is 1.79 bits per heavy atom.